The van der Waals surface area contributed by atoms with Gasteiger partial charge in [0.25, 0.3) is 0 Å². The Morgan fingerprint density at radius 1 is 0.232 bits per heavy atom. The van der Waals surface area contributed by atoms with Crippen LogP contribution in [0, 0.1) is 13.8 Å². The van der Waals surface area contributed by atoms with Crippen molar-refractivity contribution in [1.29, 1.82) is 0 Å². The van der Waals surface area contributed by atoms with Gasteiger partial charge in [-0.05, 0) is 99.8 Å². The van der Waals surface area contributed by atoms with Gasteiger partial charge in [0, 0.05) is 22.3 Å². The number of nitrogens with zero attached hydrogens (tertiary/aromatic N) is 2. The molecule has 0 saturated carbocycles. The van der Waals surface area contributed by atoms with Crippen LogP contribution in [0.3, 0.4) is 0 Å². The first-order chi connectivity index (χ1) is 27.6. The van der Waals surface area contributed by atoms with E-state index in [1.54, 1.807) is 0 Å². The van der Waals surface area contributed by atoms with E-state index in [1.807, 2.05) is 0 Å². The van der Waals surface area contributed by atoms with Gasteiger partial charge in [-0.3, -0.25) is 0 Å². The fourth-order valence-corrected chi connectivity index (χ4v) is 7.52. The fourth-order valence-electron chi connectivity index (χ4n) is 7.52. The van der Waals surface area contributed by atoms with Crippen molar-refractivity contribution < 1.29 is 0 Å². The molecule has 0 aliphatic rings. The summed E-state index contributed by atoms with van der Waals surface area (Å²) in [7, 11) is 0. The summed E-state index contributed by atoms with van der Waals surface area (Å²) in [5.41, 5.74) is 19.9. The first kappa shape index (κ1) is 34.6. The Morgan fingerprint density at radius 3 is 0.946 bits per heavy atom. The van der Waals surface area contributed by atoms with Gasteiger partial charge in [0.05, 0.1) is 22.8 Å². The van der Waals surface area contributed by atoms with E-state index in [4.69, 9.17) is 9.97 Å². The molecule has 0 spiro atoms. The van der Waals surface area contributed by atoms with Crippen molar-refractivity contribution in [3.63, 3.8) is 0 Å². The van der Waals surface area contributed by atoms with Crippen LogP contribution in [0.15, 0.2) is 206 Å². The summed E-state index contributed by atoms with van der Waals surface area (Å²) in [6.07, 6.45) is 0. The van der Waals surface area contributed by atoms with Gasteiger partial charge in [0.2, 0.25) is 0 Å². The Morgan fingerprint density at radius 2 is 0.554 bits per heavy atom. The predicted octanol–water partition coefficient (Wildman–Crippen LogP) is 14.4. The molecule has 2 heterocycles. The van der Waals surface area contributed by atoms with Crippen LogP contribution in [-0.4, -0.2) is 9.97 Å². The highest BCUT2D eigenvalue weighted by atomic mass is 14.7. The average Bonchev–Trinajstić information content (AvgIpc) is 3.27. The molecule has 0 N–H and O–H groups in total. The van der Waals surface area contributed by atoms with Crippen molar-refractivity contribution in [2.24, 2.45) is 0 Å². The zero-order valence-electron chi connectivity index (χ0n) is 31.5. The number of pyridine rings is 2. The zero-order chi connectivity index (χ0) is 37.8. The van der Waals surface area contributed by atoms with Gasteiger partial charge in [0.1, 0.15) is 0 Å². The van der Waals surface area contributed by atoms with Gasteiger partial charge < -0.3 is 0 Å². The Labute approximate surface area is 329 Å². The number of hydrogen-bond acceptors (Lipinski definition) is 2. The zero-order valence-corrected chi connectivity index (χ0v) is 31.5. The lowest BCUT2D eigenvalue weighted by atomic mass is 9.96. The molecule has 2 heteroatoms. The van der Waals surface area contributed by atoms with Gasteiger partial charge >= 0.3 is 0 Å². The molecular formula is C54H40N2. The van der Waals surface area contributed by atoms with Crippen LogP contribution in [0.5, 0.6) is 0 Å². The molecule has 0 radical (unpaired) electrons. The lowest BCUT2D eigenvalue weighted by molar-refractivity contribution is 1.31. The highest BCUT2D eigenvalue weighted by Crippen LogP contribution is 2.36. The highest BCUT2D eigenvalue weighted by molar-refractivity contribution is 5.82. The minimum atomic E-state index is 0.914. The minimum Gasteiger partial charge on any atom is -0.248 e. The van der Waals surface area contributed by atoms with E-state index in [0.29, 0.717) is 0 Å². The van der Waals surface area contributed by atoms with E-state index in [-0.39, 0.29) is 0 Å². The van der Waals surface area contributed by atoms with Crippen LogP contribution < -0.4 is 0 Å². The molecule has 0 atom stereocenters. The lowest BCUT2D eigenvalue weighted by Gasteiger charge is -2.13. The summed E-state index contributed by atoms with van der Waals surface area (Å²) in [5, 5.41) is 0. The maximum absolute atomic E-state index is 5.30. The highest BCUT2D eigenvalue weighted by Gasteiger charge is 2.14. The Balaban J connectivity index is 1.13. The summed E-state index contributed by atoms with van der Waals surface area (Å²) >= 11 is 0. The van der Waals surface area contributed by atoms with E-state index < -0.39 is 0 Å². The molecule has 0 fully saturated rings. The van der Waals surface area contributed by atoms with Crippen molar-refractivity contribution in [2.75, 3.05) is 0 Å². The van der Waals surface area contributed by atoms with Gasteiger partial charge in [-0.25, -0.2) is 9.97 Å². The molecule has 2 nitrogen and oxygen atoms in total. The first-order valence-electron chi connectivity index (χ1n) is 19.1. The smallest absolute Gasteiger partial charge is 0.0715 e. The third kappa shape index (κ3) is 7.21. The van der Waals surface area contributed by atoms with Crippen molar-refractivity contribution in [3.8, 4) is 89.5 Å². The van der Waals surface area contributed by atoms with Gasteiger partial charge in [-0.1, -0.05) is 176 Å². The maximum atomic E-state index is 5.30. The second kappa shape index (κ2) is 15.3. The first-order valence-corrected chi connectivity index (χ1v) is 19.1. The molecule has 0 amide bonds. The summed E-state index contributed by atoms with van der Waals surface area (Å²) in [4.78, 5) is 10.6. The van der Waals surface area contributed by atoms with E-state index >= 15 is 0 Å². The van der Waals surface area contributed by atoms with Crippen LogP contribution in [0.1, 0.15) is 11.1 Å². The third-order valence-corrected chi connectivity index (χ3v) is 10.6. The second-order valence-electron chi connectivity index (χ2n) is 14.4. The van der Waals surface area contributed by atoms with E-state index in [9.17, 15) is 0 Å². The monoisotopic (exact) mass is 716 g/mol. The molecule has 56 heavy (non-hydrogen) atoms. The Kier molecular flexibility index (Phi) is 9.45. The lowest BCUT2D eigenvalue weighted by Crippen LogP contribution is -1.94. The van der Waals surface area contributed by atoms with Crippen molar-refractivity contribution in [1.82, 2.24) is 9.97 Å². The maximum Gasteiger partial charge on any atom is 0.0715 e. The third-order valence-electron chi connectivity index (χ3n) is 10.6. The Bertz CT molecular complexity index is 2590. The van der Waals surface area contributed by atoms with Crippen LogP contribution in [0.25, 0.3) is 89.5 Å². The molecular weight excluding hydrogens is 677 g/mol. The van der Waals surface area contributed by atoms with Gasteiger partial charge in [-0.2, -0.15) is 0 Å². The van der Waals surface area contributed by atoms with Crippen molar-refractivity contribution in [2.45, 2.75) is 13.8 Å². The number of benzene rings is 7. The summed E-state index contributed by atoms with van der Waals surface area (Å²) < 4.78 is 0. The SMILES string of the molecule is Cc1ccccc1-c1ccc(-c2cc(-c3ccccc3)cc(-c3cccc(-c4cc(-c5ccccc5)cc(-c5ccc(-c6ccccc6C)cc5)n4)c3)n2)cc1. The quantitative estimate of drug-likeness (QED) is 0.156. The molecule has 0 aliphatic heterocycles. The van der Waals surface area contributed by atoms with Crippen LogP contribution >= 0.6 is 0 Å². The van der Waals surface area contributed by atoms with E-state index in [0.717, 1.165) is 67.3 Å². The van der Waals surface area contributed by atoms with Gasteiger partial charge in [-0.15, -0.1) is 0 Å². The minimum absolute atomic E-state index is 0.914. The summed E-state index contributed by atoms with van der Waals surface area (Å²) in [6, 6.07) is 73.2. The predicted molar refractivity (Wildman–Crippen MR) is 235 cm³/mol. The molecule has 0 unspecified atom stereocenters. The molecule has 0 saturated heterocycles. The topological polar surface area (TPSA) is 25.8 Å². The standard InChI is InChI=1S/C54H40N2/c1-37-14-9-11-22-49(37)41-24-28-43(29-25-41)51-33-47(39-16-5-3-6-17-39)35-53(55-51)45-20-13-21-46(32-45)54-36-48(40-18-7-4-8-19-40)34-52(56-54)44-30-26-42(27-31-44)50-23-12-10-15-38(50)2/h3-36H,1-2H3. The van der Waals surface area contributed by atoms with E-state index in [1.165, 1.54) is 33.4 Å². The molecule has 9 rings (SSSR count). The number of aromatic nitrogens is 2. The fraction of sp³-hybridized carbons (Fsp3) is 0.0370. The second-order valence-corrected chi connectivity index (χ2v) is 14.4. The average molecular weight is 717 g/mol. The van der Waals surface area contributed by atoms with Gasteiger partial charge in [0.15, 0.2) is 0 Å². The molecule has 9 aromatic rings. The molecule has 266 valence electrons. The Hall–Kier alpha value is -7.16. The molecule has 2 aromatic heterocycles. The van der Waals surface area contributed by atoms with Crippen molar-refractivity contribution in [3.05, 3.63) is 217 Å². The van der Waals surface area contributed by atoms with Crippen LogP contribution in [0.4, 0.5) is 0 Å². The van der Waals surface area contributed by atoms with Crippen molar-refractivity contribution >= 4 is 0 Å². The summed E-state index contributed by atoms with van der Waals surface area (Å²) in [5.74, 6) is 0. The number of rotatable bonds is 8. The summed E-state index contributed by atoms with van der Waals surface area (Å²) in [6.45, 7) is 4.32. The molecule has 0 aliphatic carbocycles. The number of aryl methyl sites for hydroxylation is 2. The van der Waals surface area contributed by atoms with E-state index in [2.05, 4.69) is 220 Å². The molecule has 7 aromatic carbocycles. The number of hydrogen-bond donors (Lipinski definition) is 0. The largest absolute Gasteiger partial charge is 0.248 e. The normalized spacial score (nSPS) is 11.0. The molecule has 0 bridgehead atoms. The van der Waals surface area contributed by atoms with Crippen LogP contribution in [-0.2, 0) is 0 Å². The van der Waals surface area contributed by atoms with Crippen LogP contribution in [0.2, 0.25) is 0 Å².